The first-order chi connectivity index (χ1) is 7.99. The third-order valence-corrected chi connectivity index (χ3v) is 2.76. The average Bonchev–Trinajstić information content (AvgIpc) is 2.79. The molecule has 0 N–H and O–H groups in total. The molecule has 0 aromatic carbocycles. The molecule has 0 saturated heterocycles. The van der Waals surface area contributed by atoms with Gasteiger partial charge in [0.05, 0.1) is 25.3 Å². The first-order valence-electron chi connectivity index (χ1n) is 5.82. The SMILES string of the molecule is CCN(Cc1ccco1)CC(C)(C)C(=O)OC. The van der Waals surface area contributed by atoms with Gasteiger partial charge in [0.1, 0.15) is 5.76 Å². The van der Waals surface area contributed by atoms with Crippen molar-refractivity contribution in [3.8, 4) is 0 Å². The maximum Gasteiger partial charge on any atom is 0.312 e. The van der Waals surface area contributed by atoms with E-state index >= 15 is 0 Å². The lowest BCUT2D eigenvalue weighted by Gasteiger charge is -2.29. The zero-order valence-electron chi connectivity index (χ0n) is 11.0. The van der Waals surface area contributed by atoms with Crippen LogP contribution in [0.4, 0.5) is 0 Å². The van der Waals surface area contributed by atoms with E-state index in [0.717, 1.165) is 12.3 Å². The van der Waals surface area contributed by atoms with Crippen molar-refractivity contribution >= 4 is 5.97 Å². The maximum atomic E-state index is 11.6. The van der Waals surface area contributed by atoms with Gasteiger partial charge in [-0.1, -0.05) is 6.92 Å². The van der Waals surface area contributed by atoms with Crippen LogP contribution in [0.3, 0.4) is 0 Å². The molecule has 0 unspecified atom stereocenters. The molecule has 1 heterocycles. The number of hydrogen-bond acceptors (Lipinski definition) is 4. The molecule has 0 bridgehead atoms. The van der Waals surface area contributed by atoms with Crippen molar-refractivity contribution in [1.29, 1.82) is 0 Å². The van der Waals surface area contributed by atoms with Crippen LogP contribution in [0, 0.1) is 5.41 Å². The summed E-state index contributed by atoms with van der Waals surface area (Å²) in [6.07, 6.45) is 1.66. The van der Waals surface area contributed by atoms with E-state index in [1.54, 1.807) is 6.26 Å². The molecule has 0 fully saturated rings. The smallest absolute Gasteiger partial charge is 0.312 e. The number of esters is 1. The largest absolute Gasteiger partial charge is 0.469 e. The Kier molecular flexibility index (Phi) is 4.75. The molecule has 17 heavy (non-hydrogen) atoms. The van der Waals surface area contributed by atoms with Gasteiger partial charge < -0.3 is 9.15 Å². The molecule has 4 heteroatoms. The van der Waals surface area contributed by atoms with Gasteiger partial charge in [0.15, 0.2) is 0 Å². The number of hydrogen-bond donors (Lipinski definition) is 0. The molecule has 1 aromatic rings. The Bertz CT molecular complexity index is 344. The number of ether oxygens (including phenoxy) is 1. The monoisotopic (exact) mass is 239 g/mol. The fourth-order valence-electron chi connectivity index (χ4n) is 1.80. The van der Waals surface area contributed by atoms with Crippen LogP contribution in [0.2, 0.25) is 0 Å². The number of furan rings is 1. The first-order valence-corrected chi connectivity index (χ1v) is 5.82. The second kappa shape index (κ2) is 5.87. The molecule has 96 valence electrons. The Labute approximate surface area is 103 Å². The minimum absolute atomic E-state index is 0.185. The van der Waals surface area contributed by atoms with E-state index in [1.807, 2.05) is 26.0 Å². The lowest BCUT2D eigenvalue weighted by atomic mass is 9.93. The van der Waals surface area contributed by atoms with Crippen molar-refractivity contribution in [2.75, 3.05) is 20.2 Å². The fraction of sp³-hybridized carbons (Fsp3) is 0.615. The highest BCUT2D eigenvalue weighted by Gasteiger charge is 2.30. The molecule has 0 radical (unpaired) electrons. The van der Waals surface area contributed by atoms with Crippen molar-refractivity contribution in [2.45, 2.75) is 27.3 Å². The molecule has 0 amide bonds. The molecule has 0 aliphatic heterocycles. The molecule has 0 aliphatic rings. The van der Waals surface area contributed by atoms with E-state index in [1.165, 1.54) is 7.11 Å². The van der Waals surface area contributed by atoms with Gasteiger partial charge in [-0.05, 0) is 32.5 Å². The predicted molar refractivity (Wildman–Crippen MR) is 65.5 cm³/mol. The van der Waals surface area contributed by atoms with E-state index < -0.39 is 5.41 Å². The normalized spacial score (nSPS) is 11.8. The van der Waals surface area contributed by atoms with Crippen LogP contribution < -0.4 is 0 Å². The topological polar surface area (TPSA) is 42.7 Å². The Balaban J connectivity index is 2.60. The zero-order chi connectivity index (χ0) is 12.9. The van der Waals surface area contributed by atoms with E-state index in [-0.39, 0.29) is 5.97 Å². The van der Waals surface area contributed by atoms with Crippen molar-refractivity contribution in [1.82, 2.24) is 4.90 Å². The van der Waals surface area contributed by atoms with Gasteiger partial charge in [-0.3, -0.25) is 9.69 Å². The second-order valence-electron chi connectivity index (χ2n) is 4.76. The van der Waals surface area contributed by atoms with Gasteiger partial charge in [0.2, 0.25) is 0 Å². The molecule has 0 atom stereocenters. The molecule has 0 saturated carbocycles. The number of nitrogens with zero attached hydrogens (tertiary/aromatic N) is 1. The number of rotatable bonds is 6. The zero-order valence-corrected chi connectivity index (χ0v) is 11.0. The third kappa shape index (κ3) is 3.89. The molecule has 1 aromatic heterocycles. The quantitative estimate of drug-likeness (QED) is 0.714. The standard InChI is InChI=1S/C13H21NO3/c1-5-14(9-11-7-6-8-17-11)10-13(2,3)12(15)16-4/h6-8H,5,9-10H2,1-4H3. The highest BCUT2D eigenvalue weighted by molar-refractivity contribution is 5.76. The lowest BCUT2D eigenvalue weighted by molar-refractivity contribution is -0.151. The third-order valence-electron chi connectivity index (χ3n) is 2.76. The Morgan fingerprint density at radius 1 is 1.53 bits per heavy atom. The van der Waals surface area contributed by atoms with Crippen LogP contribution >= 0.6 is 0 Å². The van der Waals surface area contributed by atoms with Crippen molar-refractivity contribution in [3.63, 3.8) is 0 Å². The van der Waals surface area contributed by atoms with E-state index in [0.29, 0.717) is 13.1 Å². The van der Waals surface area contributed by atoms with Gasteiger partial charge >= 0.3 is 5.97 Å². The molecule has 0 aliphatic carbocycles. The van der Waals surface area contributed by atoms with Crippen LogP contribution in [0.15, 0.2) is 22.8 Å². The Morgan fingerprint density at radius 2 is 2.24 bits per heavy atom. The minimum Gasteiger partial charge on any atom is -0.469 e. The summed E-state index contributed by atoms with van der Waals surface area (Å²) in [5.74, 6) is 0.725. The summed E-state index contributed by atoms with van der Waals surface area (Å²) in [6.45, 7) is 8.07. The highest BCUT2D eigenvalue weighted by atomic mass is 16.5. The molecule has 0 spiro atoms. The Hall–Kier alpha value is -1.29. The van der Waals surface area contributed by atoms with Gasteiger partial charge in [0, 0.05) is 6.54 Å². The fourth-order valence-corrected chi connectivity index (χ4v) is 1.80. The van der Waals surface area contributed by atoms with Crippen LogP contribution in [0.1, 0.15) is 26.5 Å². The van der Waals surface area contributed by atoms with Crippen LogP contribution in [-0.4, -0.2) is 31.1 Å². The number of methoxy groups -OCH3 is 1. The van der Waals surface area contributed by atoms with Gasteiger partial charge in [-0.15, -0.1) is 0 Å². The van der Waals surface area contributed by atoms with Crippen molar-refractivity contribution in [3.05, 3.63) is 24.2 Å². The van der Waals surface area contributed by atoms with E-state index in [4.69, 9.17) is 9.15 Å². The molecular formula is C13H21NO3. The minimum atomic E-state index is -0.503. The first kappa shape index (κ1) is 13.8. The summed E-state index contributed by atoms with van der Waals surface area (Å²) in [7, 11) is 1.42. The second-order valence-corrected chi connectivity index (χ2v) is 4.76. The summed E-state index contributed by atoms with van der Waals surface area (Å²) < 4.78 is 10.1. The van der Waals surface area contributed by atoms with Crippen LogP contribution in [0.25, 0.3) is 0 Å². The van der Waals surface area contributed by atoms with Crippen LogP contribution in [-0.2, 0) is 16.1 Å². The average molecular weight is 239 g/mol. The maximum absolute atomic E-state index is 11.6. The Morgan fingerprint density at radius 3 is 2.71 bits per heavy atom. The predicted octanol–water partition coefficient (Wildman–Crippen LogP) is 2.30. The van der Waals surface area contributed by atoms with Gasteiger partial charge in [0.25, 0.3) is 0 Å². The summed E-state index contributed by atoms with van der Waals surface area (Å²) in [4.78, 5) is 13.8. The number of carbonyl (C=O) groups is 1. The van der Waals surface area contributed by atoms with E-state index in [2.05, 4.69) is 11.8 Å². The van der Waals surface area contributed by atoms with Crippen LogP contribution in [0.5, 0.6) is 0 Å². The summed E-state index contributed by atoms with van der Waals surface area (Å²) in [6, 6.07) is 3.81. The molecule has 4 nitrogen and oxygen atoms in total. The molecular weight excluding hydrogens is 218 g/mol. The summed E-state index contributed by atoms with van der Waals surface area (Å²) >= 11 is 0. The summed E-state index contributed by atoms with van der Waals surface area (Å²) in [5, 5.41) is 0. The van der Waals surface area contributed by atoms with Gasteiger partial charge in [-0.2, -0.15) is 0 Å². The highest BCUT2D eigenvalue weighted by Crippen LogP contribution is 2.20. The van der Waals surface area contributed by atoms with E-state index in [9.17, 15) is 4.79 Å². The van der Waals surface area contributed by atoms with Gasteiger partial charge in [-0.25, -0.2) is 0 Å². The molecule has 1 rings (SSSR count). The number of carbonyl (C=O) groups excluding carboxylic acids is 1. The van der Waals surface area contributed by atoms with Crippen molar-refractivity contribution < 1.29 is 13.9 Å². The van der Waals surface area contributed by atoms with Crippen molar-refractivity contribution in [2.24, 2.45) is 5.41 Å². The summed E-state index contributed by atoms with van der Waals surface area (Å²) in [5.41, 5.74) is -0.503. The lowest BCUT2D eigenvalue weighted by Crippen LogP contribution is -2.39.